The van der Waals surface area contributed by atoms with Crippen molar-refractivity contribution < 1.29 is 9.31 Å². The van der Waals surface area contributed by atoms with Crippen molar-refractivity contribution >= 4 is 27.3 Å². The van der Waals surface area contributed by atoms with Crippen molar-refractivity contribution in [1.29, 1.82) is 0 Å². The van der Waals surface area contributed by atoms with Crippen LogP contribution in [0.2, 0.25) is 0 Å². The zero-order valence-corrected chi connectivity index (χ0v) is 12.8. The predicted octanol–water partition coefficient (Wildman–Crippen LogP) is 2.93. The molecule has 0 radical (unpaired) electrons. The standard InChI is InChI=1S/C13H17BrFN3O2/c1-17(8-9-3-2-4-16-7-9)12-6-11(15)10(14)5-13(12)18(19)20/h5-6,9,16H,2-4,7-8H2,1H3. The van der Waals surface area contributed by atoms with Gasteiger partial charge in [0.1, 0.15) is 11.5 Å². The zero-order chi connectivity index (χ0) is 14.7. The first-order chi connectivity index (χ1) is 9.49. The number of halogens is 2. The maximum absolute atomic E-state index is 13.7. The second kappa shape index (κ2) is 6.49. The van der Waals surface area contributed by atoms with Crippen molar-refractivity contribution in [3.63, 3.8) is 0 Å². The molecule has 1 aliphatic rings. The summed E-state index contributed by atoms with van der Waals surface area (Å²) >= 11 is 2.99. The fourth-order valence-electron chi connectivity index (χ4n) is 2.54. The Labute approximate surface area is 125 Å². The van der Waals surface area contributed by atoms with Crippen LogP contribution in [0.15, 0.2) is 16.6 Å². The maximum Gasteiger partial charge on any atom is 0.293 e. The highest BCUT2D eigenvalue weighted by atomic mass is 79.9. The number of hydrogen-bond acceptors (Lipinski definition) is 4. The minimum atomic E-state index is -0.487. The highest BCUT2D eigenvalue weighted by Gasteiger charge is 2.23. The predicted molar refractivity (Wildman–Crippen MR) is 79.6 cm³/mol. The van der Waals surface area contributed by atoms with E-state index in [1.807, 2.05) is 0 Å². The van der Waals surface area contributed by atoms with Gasteiger partial charge in [0, 0.05) is 25.7 Å². The smallest absolute Gasteiger partial charge is 0.293 e. The molecule has 1 fully saturated rings. The Morgan fingerprint density at radius 1 is 1.60 bits per heavy atom. The van der Waals surface area contributed by atoms with Gasteiger partial charge in [-0.1, -0.05) is 0 Å². The molecule has 1 aromatic rings. The molecular formula is C13H17BrFN3O2. The normalized spacial score (nSPS) is 18.9. The molecule has 1 atom stereocenters. The minimum absolute atomic E-state index is 0.0791. The third-order valence-electron chi connectivity index (χ3n) is 3.56. The lowest BCUT2D eigenvalue weighted by Crippen LogP contribution is -2.37. The number of anilines is 1. The van der Waals surface area contributed by atoms with Crippen molar-refractivity contribution in [2.45, 2.75) is 12.8 Å². The quantitative estimate of drug-likeness (QED) is 0.673. The molecule has 1 aromatic carbocycles. The summed E-state index contributed by atoms with van der Waals surface area (Å²) in [5.41, 5.74) is 0.241. The topological polar surface area (TPSA) is 58.4 Å². The van der Waals surface area contributed by atoms with Gasteiger partial charge in [0.25, 0.3) is 5.69 Å². The molecule has 0 aromatic heterocycles. The van der Waals surface area contributed by atoms with Crippen LogP contribution < -0.4 is 10.2 Å². The molecule has 1 aliphatic heterocycles. The lowest BCUT2D eigenvalue weighted by molar-refractivity contribution is -0.384. The molecule has 7 heteroatoms. The third-order valence-corrected chi connectivity index (χ3v) is 4.16. The van der Waals surface area contributed by atoms with Crippen LogP contribution in [0.5, 0.6) is 0 Å². The van der Waals surface area contributed by atoms with Gasteiger partial charge in [-0.15, -0.1) is 0 Å². The molecule has 0 amide bonds. The van der Waals surface area contributed by atoms with Crippen LogP contribution in [0.3, 0.4) is 0 Å². The average Bonchev–Trinajstić information content (AvgIpc) is 2.42. The van der Waals surface area contributed by atoms with Crippen LogP contribution in [0.1, 0.15) is 12.8 Å². The van der Waals surface area contributed by atoms with Crippen LogP contribution in [-0.2, 0) is 0 Å². The van der Waals surface area contributed by atoms with Crippen molar-refractivity contribution in [3.05, 3.63) is 32.5 Å². The van der Waals surface area contributed by atoms with Gasteiger partial charge in [-0.3, -0.25) is 10.1 Å². The number of rotatable bonds is 4. The third kappa shape index (κ3) is 3.46. The van der Waals surface area contributed by atoms with Gasteiger partial charge < -0.3 is 10.2 Å². The Hall–Kier alpha value is -1.21. The van der Waals surface area contributed by atoms with Gasteiger partial charge in [-0.2, -0.15) is 0 Å². The van der Waals surface area contributed by atoms with Crippen LogP contribution in [0.25, 0.3) is 0 Å². The second-order valence-electron chi connectivity index (χ2n) is 5.11. The molecule has 2 rings (SSSR count). The van der Waals surface area contributed by atoms with E-state index in [9.17, 15) is 14.5 Å². The molecule has 0 aliphatic carbocycles. The first-order valence-corrected chi connectivity index (χ1v) is 7.33. The van der Waals surface area contributed by atoms with E-state index in [4.69, 9.17) is 0 Å². The molecule has 0 bridgehead atoms. The molecule has 1 heterocycles. The summed E-state index contributed by atoms with van der Waals surface area (Å²) in [6, 6.07) is 2.44. The Kier molecular flexibility index (Phi) is 4.93. The van der Waals surface area contributed by atoms with Crippen molar-refractivity contribution in [1.82, 2.24) is 5.32 Å². The molecule has 1 N–H and O–H groups in total. The summed E-state index contributed by atoms with van der Waals surface area (Å²) in [5, 5.41) is 14.4. The van der Waals surface area contributed by atoms with Gasteiger partial charge in [0.2, 0.25) is 0 Å². The van der Waals surface area contributed by atoms with E-state index in [1.165, 1.54) is 12.1 Å². The van der Waals surface area contributed by atoms with E-state index < -0.39 is 10.7 Å². The zero-order valence-electron chi connectivity index (χ0n) is 11.2. The number of hydrogen-bond donors (Lipinski definition) is 1. The molecule has 5 nitrogen and oxygen atoms in total. The van der Waals surface area contributed by atoms with Gasteiger partial charge >= 0.3 is 0 Å². The van der Waals surface area contributed by atoms with E-state index in [-0.39, 0.29) is 10.2 Å². The fraction of sp³-hybridized carbons (Fsp3) is 0.538. The first-order valence-electron chi connectivity index (χ1n) is 6.54. The Morgan fingerprint density at radius 3 is 2.95 bits per heavy atom. The number of nitrogens with one attached hydrogen (secondary N) is 1. The van der Waals surface area contributed by atoms with Crippen molar-refractivity contribution in [2.24, 2.45) is 5.92 Å². The lowest BCUT2D eigenvalue weighted by atomic mass is 9.99. The Bertz CT molecular complexity index is 507. The number of nitro benzene ring substituents is 1. The summed E-state index contributed by atoms with van der Waals surface area (Å²) < 4.78 is 13.8. The summed E-state index contributed by atoms with van der Waals surface area (Å²) in [6.07, 6.45) is 2.19. The van der Waals surface area contributed by atoms with Gasteiger partial charge in [-0.05, 0) is 47.8 Å². The number of benzene rings is 1. The first kappa shape index (κ1) is 15.2. The van der Waals surface area contributed by atoms with E-state index in [2.05, 4.69) is 21.2 Å². The van der Waals surface area contributed by atoms with Gasteiger partial charge in [0.15, 0.2) is 0 Å². The summed E-state index contributed by atoms with van der Waals surface area (Å²) in [5.74, 6) is -0.0562. The molecule has 0 spiro atoms. The van der Waals surface area contributed by atoms with E-state index >= 15 is 0 Å². The monoisotopic (exact) mass is 345 g/mol. The largest absolute Gasteiger partial charge is 0.369 e. The molecule has 1 unspecified atom stereocenters. The van der Waals surface area contributed by atoms with E-state index in [1.54, 1.807) is 11.9 Å². The summed E-state index contributed by atoms with van der Waals surface area (Å²) in [4.78, 5) is 12.4. The molecule has 110 valence electrons. The van der Waals surface area contributed by atoms with Crippen LogP contribution in [0.4, 0.5) is 15.8 Å². The molecule has 1 saturated heterocycles. The van der Waals surface area contributed by atoms with Crippen LogP contribution >= 0.6 is 15.9 Å². The highest BCUT2D eigenvalue weighted by Crippen LogP contribution is 2.33. The van der Waals surface area contributed by atoms with E-state index in [0.717, 1.165) is 25.9 Å². The van der Waals surface area contributed by atoms with E-state index in [0.29, 0.717) is 18.2 Å². The summed E-state index contributed by atoms with van der Waals surface area (Å²) in [6.45, 7) is 2.60. The number of nitrogens with zero attached hydrogens (tertiary/aromatic N) is 2. The fourth-order valence-corrected chi connectivity index (χ4v) is 2.87. The van der Waals surface area contributed by atoms with Gasteiger partial charge in [-0.25, -0.2) is 4.39 Å². The Balaban J connectivity index is 2.21. The second-order valence-corrected chi connectivity index (χ2v) is 5.96. The maximum atomic E-state index is 13.7. The average molecular weight is 346 g/mol. The SMILES string of the molecule is CN(CC1CCCNC1)c1cc(F)c(Br)cc1[N+](=O)[O-]. The Morgan fingerprint density at radius 2 is 2.35 bits per heavy atom. The summed E-state index contributed by atoms with van der Waals surface area (Å²) in [7, 11) is 1.77. The highest BCUT2D eigenvalue weighted by molar-refractivity contribution is 9.10. The molecule has 0 saturated carbocycles. The molecular weight excluding hydrogens is 329 g/mol. The minimum Gasteiger partial charge on any atom is -0.369 e. The number of nitro groups is 1. The van der Waals surface area contributed by atoms with Crippen LogP contribution in [0, 0.1) is 21.8 Å². The van der Waals surface area contributed by atoms with Crippen molar-refractivity contribution in [3.8, 4) is 0 Å². The molecule has 20 heavy (non-hydrogen) atoms. The van der Waals surface area contributed by atoms with Crippen LogP contribution in [-0.4, -0.2) is 31.6 Å². The van der Waals surface area contributed by atoms with Crippen molar-refractivity contribution in [2.75, 3.05) is 31.6 Å². The lowest BCUT2D eigenvalue weighted by Gasteiger charge is -2.28. The number of piperidine rings is 1. The van der Waals surface area contributed by atoms with Gasteiger partial charge in [0.05, 0.1) is 9.40 Å².